The summed E-state index contributed by atoms with van der Waals surface area (Å²) in [5, 5.41) is 9.58. The van der Waals surface area contributed by atoms with Crippen molar-refractivity contribution in [3.05, 3.63) is 72.6 Å². The number of sulfonamides is 1. The highest BCUT2D eigenvalue weighted by Gasteiger charge is 2.36. The molecule has 29 heavy (non-hydrogen) atoms. The van der Waals surface area contributed by atoms with Crippen LogP contribution in [0.1, 0.15) is 12.0 Å². The standard InChI is InChI=1S/C20H21ClFNO5S/c1-15(22)13-19(20(24)25)23(14-16-5-3-2-4-6-16)29(26,27)18-9-7-17(8-10-18)28-12-11-21/h2-10,19H,1,11-14H2,(H,24,25). The molecule has 1 unspecified atom stereocenters. The fraction of sp³-hybridized carbons (Fsp3) is 0.250. The van der Waals surface area contributed by atoms with Crippen LogP contribution in [0.3, 0.4) is 0 Å². The van der Waals surface area contributed by atoms with Gasteiger partial charge in [0.05, 0.1) is 16.6 Å². The number of hydrogen-bond acceptors (Lipinski definition) is 4. The third-order valence-electron chi connectivity index (χ3n) is 4.00. The lowest BCUT2D eigenvalue weighted by molar-refractivity contribution is -0.141. The van der Waals surface area contributed by atoms with Crippen LogP contribution in [-0.2, 0) is 21.4 Å². The van der Waals surface area contributed by atoms with Crippen LogP contribution in [0.25, 0.3) is 0 Å². The van der Waals surface area contributed by atoms with Gasteiger partial charge >= 0.3 is 5.97 Å². The van der Waals surface area contributed by atoms with Gasteiger partial charge in [0.1, 0.15) is 18.4 Å². The fourth-order valence-corrected chi connectivity index (χ4v) is 4.29. The SMILES string of the molecule is C=C(F)CC(C(=O)O)N(Cc1ccccc1)S(=O)(=O)c1ccc(OCCCl)cc1. The predicted octanol–water partition coefficient (Wildman–Crippen LogP) is 3.82. The highest BCUT2D eigenvalue weighted by atomic mass is 35.5. The molecular formula is C20H21ClFNO5S. The average Bonchev–Trinajstić information content (AvgIpc) is 2.69. The number of carbonyl (C=O) groups is 1. The van der Waals surface area contributed by atoms with Crippen molar-refractivity contribution in [1.82, 2.24) is 4.31 Å². The lowest BCUT2D eigenvalue weighted by atomic mass is 10.1. The summed E-state index contributed by atoms with van der Waals surface area (Å²) >= 11 is 5.56. The minimum Gasteiger partial charge on any atom is -0.492 e. The van der Waals surface area contributed by atoms with Crippen LogP contribution in [0, 0.1) is 0 Å². The highest BCUT2D eigenvalue weighted by Crippen LogP contribution is 2.26. The molecule has 0 spiro atoms. The van der Waals surface area contributed by atoms with E-state index in [4.69, 9.17) is 16.3 Å². The van der Waals surface area contributed by atoms with Gasteiger partial charge in [-0.2, -0.15) is 4.31 Å². The van der Waals surface area contributed by atoms with Gasteiger partial charge in [-0.1, -0.05) is 36.9 Å². The smallest absolute Gasteiger partial charge is 0.322 e. The van der Waals surface area contributed by atoms with Crippen molar-refractivity contribution < 1.29 is 27.4 Å². The monoisotopic (exact) mass is 441 g/mol. The largest absolute Gasteiger partial charge is 0.492 e. The molecule has 0 aliphatic carbocycles. The van der Waals surface area contributed by atoms with Crippen molar-refractivity contribution in [2.75, 3.05) is 12.5 Å². The zero-order valence-electron chi connectivity index (χ0n) is 15.5. The van der Waals surface area contributed by atoms with Gasteiger partial charge in [-0.05, 0) is 29.8 Å². The van der Waals surface area contributed by atoms with E-state index < -0.39 is 34.3 Å². The Balaban J connectivity index is 2.44. The summed E-state index contributed by atoms with van der Waals surface area (Å²) < 4.78 is 46.0. The second kappa shape index (κ2) is 10.4. The average molecular weight is 442 g/mol. The summed E-state index contributed by atoms with van der Waals surface area (Å²) in [6.07, 6.45) is -0.654. The zero-order chi connectivity index (χ0) is 21.4. The van der Waals surface area contributed by atoms with Crippen LogP contribution < -0.4 is 4.74 Å². The first-order valence-electron chi connectivity index (χ1n) is 8.66. The Kier molecular flexibility index (Phi) is 8.19. The zero-order valence-corrected chi connectivity index (χ0v) is 17.1. The first-order chi connectivity index (χ1) is 13.8. The van der Waals surface area contributed by atoms with Crippen LogP contribution >= 0.6 is 11.6 Å². The van der Waals surface area contributed by atoms with Gasteiger partial charge in [0.25, 0.3) is 0 Å². The van der Waals surface area contributed by atoms with Crippen molar-refractivity contribution in [2.24, 2.45) is 0 Å². The molecule has 0 aliphatic heterocycles. The van der Waals surface area contributed by atoms with Crippen molar-refractivity contribution in [1.29, 1.82) is 0 Å². The Morgan fingerprint density at radius 2 is 1.79 bits per heavy atom. The number of rotatable bonds is 11. The molecule has 0 heterocycles. The molecule has 1 atom stereocenters. The normalized spacial score (nSPS) is 12.5. The fourth-order valence-electron chi connectivity index (χ4n) is 2.65. The Bertz CT molecular complexity index is 935. The lowest BCUT2D eigenvalue weighted by Gasteiger charge is -2.28. The minimum atomic E-state index is -4.26. The first-order valence-corrected chi connectivity index (χ1v) is 10.6. The summed E-state index contributed by atoms with van der Waals surface area (Å²) in [6, 6.07) is 12.3. The van der Waals surface area contributed by atoms with E-state index in [-0.39, 0.29) is 23.9 Å². The lowest BCUT2D eigenvalue weighted by Crippen LogP contribution is -2.44. The van der Waals surface area contributed by atoms with Crippen LogP contribution in [0.2, 0.25) is 0 Å². The second-order valence-electron chi connectivity index (χ2n) is 6.12. The second-order valence-corrected chi connectivity index (χ2v) is 8.39. The molecule has 2 aromatic carbocycles. The van der Waals surface area contributed by atoms with Gasteiger partial charge in [-0.25, -0.2) is 12.8 Å². The number of carboxylic acids is 1. The number of carboxylic acid groups (broad SMARTS) is 1. The van der Waals surface area contributed by atoms with Crippen LogP contribution in [0.5, 0.6) is 5.75 Å². The third-order valence-corrected chi connectivity index (χ3v) is 6.03. The molecule has 6 nitrogen and oxygen atoms in total. The van der Waals surface area contributed by atoms with Gasteiger partial charge in [0.15, 0.2) is 0 Å². The number of nitrogens with zero attached hydrogens (tertiary/aromatic N) is 1. The van der Waals surface area contributed by atoms with E-state index in [1.54, 1.807) is 30.3 Å². The summed E-state index contributed by atoms with van der Waals surface area (Å²) in [4.78, 5) is 11.6. The van der Waals surface area contributed by atoms with E-state index in [1.807, 2.05) is 0 Å². The molecule has 0 aromatic heterocycles. The van der Waals surface area contributed by atoms with Crippen molar-refractivity contribution in [3.8, 4) is 5.75 Å². The molecule has 0 bridgehead atoms. The Labute approximate surface area is 174 Å². The highest BCUT2D eigenvalue weighted by molar-refractivity contribution is 7.89. The maximum absolute atomic E-state index is 13.5. The van der Waals surface area contributed by atoms with E-state index >= 15 is 0 Å². The number of halogens is 2. The molecule has 0 aliphatic rings. The number of alkyl halides is 1. The molecule has 0 fully saturated rings. The topological polar surface area (TPSA) is 83.9 Å². The molecule has 0 radical (unpaired) electrons. The number of ether oxygens (including phenoxy) is 1. The maximum Gasteiger partial charge on any atom is 0.322 e. The Morgan fingerprint density at radius 3 is 2.31 bits per heavy atom. The van der Waals surface area contributed by atoms with Crippen LogP contribution in [-0.4, -0.2) is 42.3 Å². The molecule has 0 amide bonds. The molecule has 156 valence electrons. The van der Waals surface area contributed by atoms with E-state index in [0.29, 0.717) is 11.3 Å². The van der Waals surface area contributed by atoms with Gasteiger partial charge < -0.3 is 9.84 Å². The number of benzene rings is 2. The van der Waals surface area contributed by atoms with E-state index in [2.05, 4.69) is 6.58 Å². The summed E-state index contributed by atoms with van der Waals surface area (Å²) in [7, 11) is -4.26. The summed E-state index contributed by atoms with van der Waals surface area (Å²) in [5.41, 5.74) is 0.564. The van der Waals surface area contributed by atoms with E-state index in [9.17, 15) is 22.7 Å². The maximum atomic E-state index is 13.5. The van der Waals surface area contributed by atoms with Gasteiger partial charge in [-0.15, -0.1) is 11.6 Å². The summed E-state index contributed by atoms with van der Waals surface area (Å²) in [6.45, 7) is 3.10. The van der Waals surface area contributed by atoms with Crippen LogP contribution in [0.4, 0.5) is 4.39 Å². The third kappa shape index (κ3) is 6.28. The van der Waals surface area contributed by atoms with Gasteiger partial charge in [-0.3, -0.25) is 4.79 Å². The minimum absolute atomic E-state index is 0.137. The molecular weight excluding hydrogens is 421 g/mol. The molecule has 1 N–H and O–H groups in total. The number of hydrogen-bond donors (Lipinski definition) is 1. The molecule has 9 heteroatoms. The molecule has 2 rings (SSSR count). The first kappa shape index (κ1) is 22.9. The Morgan fingerprint density at radius 1 is 1.17 bits per heavy atom. The van der Waals surface area contributed by atoms with E-state index in [0.717, 1.165) is 4.31 Å². The quantitative estimate of drug-likeness (QED) is 0.536. The van der Waals surface area contributed by atoms with Crippen molar-refractivity contribution in [2.45, 2.75) is 23.9 Å². The van der Waals surface area contributed by atoms with Gasteiger partial charge in [0.2, 0.25) is 10.0 Å². The molecule has 2 aromatic rings. The Hall–Kier alpha value is -2.42. The summed E-state index contributed by atoms with van der Waals surface area (Å²) in [5.74, 6) is -1.69. The van der Waals surface area contributed by atoms with Crippen molar-refractivity contribution >= 4 is 27.6 Å². The van der Waals surface area contributed by atoms with Gasteiger partial charge in [0, 0.05) is 13.0 Å². The molecule has 0 saturated heterocycles. The predicted molar refractivity (Wildman–Crippen MR) is 108 cm³/mol. The molecule has 0 saturated carbocycles. The van der Waals surface area contributed by atoms with Crippen molar-refractivity contribution in [3.63, 3.8) is 0 Å². The van der Waals surface area contributed by atoms with Crippen LogP contribution in [0.15, 0.2) is 71.9 Å². The van der Waals surface area contributed by atoms with E-state index in [1.165, 1.54) is 24.3 Å². The number of aliphatic carboxylic acids is 1.